The molecule has 2 aromatic heterocycles. The number of nitriles is 1. The van der Waals surface area contributed by atoms with E-state index >= 15 is 0 Å². The number of furan rings is 1. The molecule has 2 heterocycles. The quantitative estimate of drug-likeness (QED) is 0.691. The minimum atomic E-state index is -0.633. The van der Waals surface area contributed by atoms with Gasteiger partial charge in [-0.2, -0.15) is 10.4 Å². The summed E-state index contributed by atoms with van der Waals surface area (Å²) in [5.74, 6) is -0.181. The van der Waals surface area contributed by atoms with Crippen LogP contribution in [0, 0.1) is 11.3 Å². The molecule has 0 fully saturated rings. The number of carbonyl (C=O) groups excluding carboxylic acids is 1. The fourth-order valence-electron chi connectivity index (χ4n) is 2.26. The fraction of sp³-hybridized carbons (Fsp3) is 0.118. The first-order valence-electron chi connectivity index (χ1n) is 7.05. The normalized spacial score (nSPS) is 10.3. The van der Waals surface area contributed by atoms with Crippen LogP contribution in [0.25, 0.3) is 17.1 Å². The highest BCUT2D eigenvalue weighted by molar-refractivity contribution is 5.92. The lowest BCUT2D eigenvalue weighted by molar-refractivity contribution is 0.0518. The lowest BCUT2D eigenvalue weighted by Crippen LogP contribution is -2.08. The monoisotopic (exact) mass is 307 g/mol. The minimum absolute atomic E-state index is 0.0235. The third-order valence-electron chi connectivity index (χ3n) is 3.22. The van der Waals surface area contributed by atoms with E-state index in [4.69, 9.17) is 9.15 Å². The van der Waals surface area contributed by atoms with E-state index in [9.17, 15) is 10.1 Å². The molecule has 0 radical (unpaired) electrons. The van der Waals surface area contributed by atoms with Crippen LogP contribution in [0.1, 0.15) is 23.0 Å². The van der Waals surface area contributed by atoms with Gasteiger partial charge < -0.3 is 9.15 Å². The predicted octanol–water partition coefficient (Wildman–Crippen LogP) is 3.18. The van der Waals surface area contributed by atoms with Crippen LogP contribution in [0.3, 0.4) is 0 Å². The number of ether oxygens (including phenoxy) is 1. The summed E-state index contributed by atoms with van der Waals surface area (Å²) >= 11 is 0. The molecule has 6 nitrogen and oxygen atoms in total. The first-order valence-corrected chi connectivity index (χ1v) is 7.05. The van der Waals surface area contributed by atoms with Crippen LogP contribution in [0.15, 0.2) is 53.1 Å². The molecule has 0 aliphatic carbocycles. The number of hydrogen-bond donors (Lipinski definition) is 0. The third-order valence-corrected chi connectivity index (χ3v) is 3.22. The molecule has 0 spiro atoms. The van der Waals surface area contributed by atoms with Gasteiger partial charge in [-0.1, -0.05) is 18.2 Å². The Hall–Kier alpha value is -3.33. The number of esters is 1. The Kier molecular flexibility index (Phi) is 3.93. The van der Waals surface area contributed by atoms with Gasteiger partial charge in [0, 0.05) is 0 Å². The van der Waals surface area contributed by atoms with E-state index in [1.165, 1.54) is 10.9 Å². The van der Waals surface area contributed by atoms with Gasteiger partial charge in [0.1, 0.15) is 17.3 Å². The van der Waals surface area contributed by atoms with E-state index < -0.39 is 5.97 Å². The van der Waals surface area contributed by atoms with Crippen molar-refractivity contribution >= 4 is 5.97 Å². The second-order valence-corrected chi connectivity index (χ2v) is 4.63. The van der Waals surface area contributed by atoms with Crippen LogP contribution in [0.5, 0.6) is 0 Å². The first kappa shape index (κ1) is 14.6. The molecule has 114 valence electrons. The molecule has 0 amide bonds. The number of rotatable bonds is 4. The van der Waals surface area contributed by atoms with Crippen LogP contribution >= 0.6 is 0 Å². The SMILES string of the molecule is CCOC(=O)c1nn(-c2ccccc2)c(-c2ccco2)c1C#N. The van der Waals surface area contributed by atoms with Crippen molar-refractivity contribution in [2.45, 2.75) is 6.92 Å². The molecular formula is C17H13N3O3. The van der Waals surface area contributed by atoms with Crippen molar-refractivity contribution in [3.8, 4) is 23.2 Å². The lowest BCUT2D eigenvalue weighted by Gasteiger charge is -2.05. The summed E-state index contributed by atoms with van der Waals surface area (Å²) in [5, 5.41) is 13.8. The molecule has 0 aliphatic rings. The maximum atomic E-state index is 12.1. The number of para-hydroxylation sites is 1. The molecule has 6 heteroatoms. The minimum Gasteiger partial charge on any atom is -0.463 e. The second-order valence-electron chi connectivity index (χ2n) is 4.63. The van der Waals surface area contributed by atoms with Gasteiger partial charge in [-0.15, -0.1) is 0 Å². The Bertz CT molecular complexity index is 859. The summed E-state index contributed by atoms with van der Waals surface area (Å²) in [7, 11) is 0. The summed E-state index contributed by atoms with van der Waals surface area (Å²) < 4.78 is 11.9. The molecule has 3 aromatic rings. The van der Waals surface area contributed by atoms with E-state index in [0.29, 0.717) is 17.1 Å². The third kappa shape index (κ3) is 2.60. The molecule has 0 N–H and O–H groups in total. The van der Waals surface area contributed by atoms with Crippen LogP contribution < -0.4 is 0 Å². The van der Waals surface area contributed by atoms with Crippen molar-refractivity contribution in [3.63, 3.8) is 0 Å². The van der Waals surface area contributed by atoms with Crippen molar-refractivity contribution < 1.29 is 13.9 Å². The molecule has 23 heavy (non-hydrogen) atoms. The molecule has 0 aliphatic heterocycles. The second kappa shape index (κ2) is 6.20. The maximum absolute atomic E-state index is 12.1. The summed E-state index contributed by atoms with van der Waals surface area (Å²) in [6, 6.07) is 14.7. The van der Waals surface area contributed by atoms with E-state index in [0.717, 1.165) is 0 Å². The highest BCUT2D eigenvalue weighted by Gasteiger charge is 2.27. The smallest absolute Gasteiger partial charge is 0.360 e. The number of aromatic nitrogens is 2. The molecule has 0 atom stereocenters. The van der Waals surface area contributed by atoms with Gasteiger partial charge in [-0.3, -0.25) is 0 Å². The Balaban J connectivity index is 2.27. The number of nitrogens with zero attached hydrogens (tertiary/aromatic N) is 3. The van der Waals surface area contributed by atoms with E-state index in [-0.39, 0.29) is 17.9 Å². The number of carbonyl (C=O) groups is 1. The fourth-order valence-corrected chi connectivity index (χ4v) is 2.26. The van der Waals surface area contributed by atoms with Gasteiger partial charge >= 0.3 is 5.97 Å². The molecular weight excluding hydrogens is 294 g/mol. The first-order chi connectivity index (χ1) is 11.3. The Morgan fingerprint density at radius 1 is 1.30 bits per heavy atom. The number of benzene rings is 1. The van der Waals surface area contributed by atoms with Crippen LogP contribution in [0.4, 0.5) is 0 Å². The summed E-state index contributed by atoms with van der Waals surface area (Å²) in [4.78, 5) is 12.1. The van der Waals surface area contributed by atoms with E-state index in [2.05, 4.69) is 5.10 Å². The molecule has 0 bridgehead atoms. The molecule has 0 saturated carbocycles. The van der Waals surface area contributed by atoms with E-state index in [1.54, 1.807) is 19.1 Å². The van der Waals surface area contributed by atoms with Gasteiger partial charge in [0.2, 0.25) is 0 Å². The average Bonchev–Trinajstić information content (AvgIpc) is 3.22. The van der Waals surface area contributed by atoms with Crippen molar-refractivity contribution in [1.29, 1.82) is 5.26 Å². The van der Waals surface area contributed by atoms with Gasteiger partial charge in [0.25, 0.3) is 0 Å². The average molecular weight is 307 g/mol. The lowest BCUT2D eigenvalue weighted by atomic mass is 10.1. The maximum Gasteiger partial charge on any atom is 0.360 e. The Morgan fingerprint density at radius 2 is 2.09 bits per heavy atom. The molecule has 1 aromatic carbocycles. The molecule has 3 rings (SSSR count). The van der Waals surface area contributed by atoms with Crippen LogP contribution in [0.2, 0.25) is 0 Å². The Morgan fingerprint density at radius 3 is 2.70 bits per heavy atom. The highest BCUT2D eigenvalue weighted by atomic mass is 16.5. The van der Waals surface area contributed by atoms with Crippen LogP contribution in [-0.4, -0.2) is 22.4 Å². The summed E-state index contributed by atoms with van der Waals surface area (Å²) in [6.45, 7) is 1.91. The van der Waals surface area contributed by atoms with Crippen molar-refractivity contribution in [1.82, 2.24) is 9.78 Å². The largest absolute Gasteiger partial charge is 0.463 e. The van der Waals surface area contributed by atoms with Gasteiger partial charge in [0.15, 0.2) is 11.5 Å². The topological polar surface area (TPSA) is 81.0 Å². The zero-order chi connectivity index (χ0) is 16.2. The van der Waals surface area contributed by atoms with E-state index in [1.807, 2.05) is 36.4 Å². The van der Waals surface area contributed by atoms with Gasteiger partial charge in [-0.05, 0) is 31.2 Å². The highest BCUT2D eigenvalue weighted by Crippen LogP contribution is 2.29. The molecule has 0 saturated heterocycles. The standard InChI is InChI=1S/C17H13N3O3/c1-2-22-17(21)15-13(11-18)16(14-9-6-10-23-14)20(19-15)12-7-4-3-5-8-12/h3-10H,2H2,1H3. The van der Waals surface area contributed by atoms with Gasteiger partial charge in [-0.25, -0.2) is 9.48 Å². The Labute approximate surface area is 132 Å². The van der Waals surface area contributed by atoms with Crippen LogP contribution in [-0.2, 0) is 4.74 Å². The van der Waals surface area contributed by atoms with Gasteiger partial charge in [0.05, 0.1) is 18.6 Å². The van der Waals surface area contributed by atoms with Crippen molar-refractivity contribution in [3.05, 3.63) is 60.0 Å². The van der Waals surface area contributed by atoms with Crippen molar-refractivity contribution in [2.24, 2.45) is 0 Å². The summed E-state index contributed by atoms with van der Waals surface area (Å²) in [6.07, 6.45) is 1.50. The number of hydrogen-bond acceptors (Lipinski definition) is 5. The summed E-state index contributed by atoms with van der Waals surface area (Å²) in [5.41, 5.74) is 1.24. The zero-order valence-electron chi connectivity index (χ0n) is 12.4. The molecule has 0 unspecified atom stereocenters. The predicted molar refractivity (Wildman–Crippen MR) is 81.9 cm³/mol. The van der Waals surface area contributed by atoms with Crippen molar-refractivity contribution in [2.75, 3.05) is 6.61 Å². The zero-order valence-corrected chi connectivity index (χ0v) is 12.4.